The van der Waals surface area contributed by atoms with Crippen LogP contribution in [-0.4, -0.2) is 104 Å². The average molecular weight is 500 g/mol. The second-order valence-corrected chi connectivity index (χ2v) is 5.89. The molecule has 2 aromatic rings. The molecule has 0 aliphatic carbocycles. The van der Waals surface area contributed by atoms with Crippen LogP contribution in [0.5, 0.6) is 0 Å². The second-order valence-electron chi connectivity index (χ2n) is 5.89. The monoisotopic (exact) mass is 500 g/mol. The van der Waals surface area contributed by atoms with Crippen molar-refractivity contribution in [2.45, 2.75) is 0 Å². The van der Waals surface area contributed by atoms with Gasteiger partial charge in [-0.05, 0) is 42.5 Å². The van der Waals surface area contributed by atoms with E-state index in [1.807, 2.05) is 0 Å². The lowest BCUT2D eigenvalue weighted by Gasteiger charge is -1.95. The summed E-state index contributed by atoms with van der Waals surface area (Å²) in [6.45, 7) is 0.446. The fraction of sp³-hybridized carbons (Fsp3) is 0.273. The lowest BCUT2D eigenvalue weighted by atomic mass is 10.1. The number of hydrogen-bond donors (Lipinski definition) is 8. The summed E-state index contributed by atoms with van der Waals surface area (Å²) in [4.78, 5) is 41.4. The standard InChI is InChI=1S/2C8H6O4.C4H10O3.C2H6O2/c9-7(10)5-1-2-6(4-3-5)8(11)12;9-7(10)5-2-1-3-6(4-5)8(11)12;5-1-3-7-4-2-6;3-1-2-4/h2*1-4H,(H,9,10)(H,11,12);5-6H,1-4H2;3-4H,1-2H2. The number of aromatic carboxylic acids is 4. The van der Waals surface area contributed by atoms with E-state index in [4.69, 9.17) is 40.9 Å². The maximum Gasteiger partial charge on any atom is 0.335 e. The van der Waals surface area contributed by atoms with Crippen LogP contribution in [0, 0.1) is 0 Å². The zero-order valence-electron chi connectivity index (χ0n) is 18.5. The van der Waals surface area contributed by atoms with E-state index in [1.54, 1.807) is 0 Å². The number of carboxylic acid groups (broad SMARTS) is 4. The molecule has 0 saturated heterocycles. The van der Waals surface area contributed by atoms with Gasteiger partial charge in [-0.25, -0.2) is 19.2 Å². The van der Waals surface area contributed by atoms with Crippen LogP contribution in [0.1, 0.15) is 41.4 Å². The van der Waals surface area contributed by atoms with Gasteiger partial charge in [0.05, 0.1) is 61.9 Å². The van der Waals surface area contributed by atoms with E-state index < -0.39 is 23.9 Å². The van der Waals surface area contributed by atoms with E-state index in [9.17, 15) is 19.2 Å². The molecule has 0 aliphatic rings. The first-order valence-electron chi connectivity index (χ1n) is 9.70. The van der Waals surface area contributed by atoms with E-state index in [-0.39, 0.29) is 48.7 Å². The van der Waals surface area contributed by atoms with Gasteiger partial charge in [-0.2, -0.15) is 0 Å². The fourth-order valence-electron chi connectivity index (χ4n) is 1.77. The highest BCUT2D eigenvalue weighted by molar-refractivity contribution is 5.93. The number of hydrogen-bond acceptors (Lipinski definition) is 9. The summed E-state index contributed by atoms with van der Waals surface area (Å²) in [7, 11) is 0. The lowest BCUT2D eigenvalue weighted by Crippen LogP contribution is -2.03. The zero-order valence-corrected chi connectivity index (χ0v) is 18.5. The fourth-order valence-corrected chi connectivity index (χ4v) is 1.77. The summed E-state index contributed by atoms with van der Waals surface area (Å²) >= 11 is 0. The van der Waals surface area contributed by atoms with Crippen molar-refractivity contribution in [3.63, 3.8) is 0 Å². The van der Waals surface area contributed by atoms with Gasteiger partial charge in [0.1, 0.15) is 0 Å². The topological polar surface area (TPSA) is 239 Å². The molecule has 0 aromatic heterocycles. The van der Waals surface area contributed by atoms with Crippen molar-refractivity contribution in [2.75, 3.05) is 39.6 Å². The largest absolute Gasteiger partial charge is 0.478 e. The van der Waals surface area contributed by atoms with Gasteiger partial charge in [-0.15, -0.1) is 0 Å². The molecule has 8 N–H and O–H groups in total. The van der Waals surface area contributed by atoms with Gasteiger partial charge in [0, 0.05) is 0 Å². The van der Waals surface area contributed by atoms with Crippen molar-refractivity contribution in [2.24, 2.45) is 0 Å². The smallest absolute Gasteiger partial charge is 0.335 e. The lowest BCUT2D eigenvalue weighted by molar-refractivity contribution is 0.0650. The Morgan fingerprint density at radius 1 is 0.514 bits per heavy atom. The van der Waals surface area contributed by atoms with Gasteiger partial charge >= 0.3 is 23.9 Å². The molecule has 0 unspecified atom stereocenters. The van der Waals surface area contributed by atoms with E-state index >= 15 is 0 Å². The molecule has 0 aliphatic heterocycles. The number of carboxylic acids is 4. The maximum atomic E-state index is 10.4. The maximum absolute atomic E-state index is 10.4. The minimum Gasteiger partial charge on any atom is -0.478 e. The van der Waals surface area contributed by atoms with Crippen molar-refractivity contribution in [1.82, 2.24) is 0 Å². The van der Waals surface area contributed by atoms with E-state index in [0.717, 1.165) is 6.07 Å². The van der Waals surface area contributed by atoms with Crippen molar-refractivity contribution in [3.8, 4) is 0 Å². The highest BCUT2D eigenvalue weighted by atomic mass is 16.5. The first-order valence-corrected chi connectivity index (χ1v) is 9.70. The van der Waals surface area contributed by atoms with Gasteiger partial charge in [0.15, 0.2) is 0 Å². The number of aliphatic hydroxyl groups is 4. The molecule has 0 fully saturated rings. The number of benzene rings is 2. The Bertz CT molecular complexity index is 826. The molecule has 0 heterocycles. The summed E-state index contributed by atoms with van der Waals surface area (Å²) in [6, 6.07) is 10.2. The third kappa shape index (κ3) is 17.3. The van der Waals surface area contributed by atoms with Crippen LogP contribution in [0.15, 0.2) is 48.5 Å². The van der Waals surface area contributed by atoms with Crippen LogP contribution in [0.3, 0.4) is 0 Å². The minimum absolute atomic E-state index is 0.0186. The first-order chi connectivity index (χ1) is 16.5. The molecule has 0 spiro atoms. The number of aliphatic hydroxyl groups excluding tert-OH is 4. The number of carbonyl (C=O) groups is 4. The molecule has 13 heteroatoms. The van der Waals surface area contributed by atoms with Crippen molar-refractivity contribution in [3.05, 3.63) is 70.8 Å². The van der Waals surface area contributed by atoms with Crippen molar-refractivity contribution in [1.29, 1.82) is 0 Å². The predicted molar refractivity (Wildman–Crippen MR) is 120 cm³/mol. The second kappa shape index (κ2) is 20.7. The van der Waals surface area contributed by atoms with Gasteiger partial charge in [-0.3, -0.25) is 0 Å². The normalized spacial score (nSPS) is 9.14. The van der Waals surface area contributed by atoms with E-state index in [2.05, 4.69) is 4.74 Å². The van der Waals surface area contributed by atoms with Crippen LogP contribution >= 0.6 is 0 Å². The van der Waals surface area contributed by atoms with E-state index in [1.165, 1.54) is 42.5 Å². The Hall–Kier alpha value is -3.88. The predicted octanol–water partition coefficient (Wildman–Crippen LogP) is 0.125. The minimum atomic E-state index is -1.13. The molecule has 2 aromatic carbocycles. The highest BCUT2D eigenvalue weighted by Gasteiger charge is 2.07. The van der Waals surface area contributed by atoms with Crippen molar-refractivity contribution < 1.29 is 64.8 Å². The quantitative estimate of drug-likeness (QED) is 0.214. The summed E-state index contributed by atoms with van der Waals surface area (Å²) in [5.41, 5.74) is 0.129. The molecular formula is C22H28O13. The molecule has 0 radical (unpaired) electrons. The van der Waals surface area contributed by atoms with Crippen LogP contribution in [0.2, 0.25) is 0 Å². The molecule has 0 bridgehead atoms. The molecular weight excluding hydrogens is 472 g/mol. The van der Waals surface area contributed by atoms with Crippen LogP contribution < -0.4 is 0 Å². The Kier molecular flexibility index (Phi) is 19.7. The Morgan fingerprint density at radius 3 is 1.06 bits per heavy atom. The number of ether oxygens (including phenoxy) is 1. The van der Waals surface area contributed by atoms with Gasteiger partial charge < -0.3 is 45.6 Å². The van der Waals surface area contributed by atoms with Gasteiger partial charge in [0.25, 0.3) is 0 Å². The third-order valence-corrected chi connectivity index (χ3v) is 3.31. The van der Waals surface area contributed by atoms with Gasteiger partial charge in [-0.1, -0.05) is 6.07 Å². The summed E-state index contributed by atoms with van der Waals surface area (Å²) in [5.74, 6) is -4.38. The van der Waals surface area contributed by atoms with Crippen LogP contribution in [-0.2, 0) is 4.74 Å². The molecule has 194 valence electrons. The molecule has 35 heavy (non-hydrogen) atoms. The first kappa shape index (κ1) is 33.3. The highest BCUT2D eigenvalue weighted by Crippen LogP contribution is 2.05. The Morgan fingerprint density at radius 2 is 0.829 bits per heavy atom. The Labute approximate surface area is 199 Å². The third-order valence-electron chi connectivity index (χ3n) is 3.31. The molecule has 0 atom stereocenters. The summed E-state index contributed by atoms with van der Waals surface area (Å²) in [6.07, 6.45) is 0. The SMILES string of the molecule is O=C(O)c1ccc(C(=O)O)cc1.O=C(O)c1cccc(C(=O)O)c1.OCCO.OCCOCCO. The van der Waals surface area contributed by atoms with Crippen molar-refractivity contribution >= 4 is 23.9 Å². The Balaban J connectivity index is 0. The average Bonchev–Trinajstić information content (AvgIpc) is 2.85. The summed E-state index contributed by atoms with van der Waals surface area (Å²) < 4.78 is 4.63. The molecule has 0 saturated carbocycles. The van der Waals surface area contributed by atoms with Crippen LogP contribution in [0.4, 0.5) is 0 Å². The molecule has 2 rings (SSSR count). The molecule has 13 nitrogen and oxygen atoms in total. The van der Waals surface area contributed by atoms with Crippen LogP contribution in [0.25, 0.3) is 0 Å². The van der Waals surface area contributed by atoms with E-state index in [0.29, 0.717) is 13.2 Å². The number of rotatable bonds is 9. The zero-order chi connectivity index (χ0) is 27.2. The summed E-state index contributed by atoms with van der Waals surface area (Å²) in [5, 5.41) is 65.4. The van der Waals surface area contributed by atoms with Gasteiger partial charge in [0.2, 0.25) is 0 Å². The molecule has 0 amide bonds.